The van der Waals surface area contributed by atoms with Crippen LogP contribution in [0.25, 0.3) is 0 Å². The third-order valence-electron chi connectivity index (χ3n) is 2.57. The second-order valence-electron chi connectivity index (χ2n) is 4.00. The molecule has 5 heteroatoms. The first-order valence-electron chi connectivity index (χ1n) is 6.08. The van der Waals surface area contributed by atoms with E-state index in [9.17, 15) is 4.79 Å². The SMILES string of the molecule is CCCN(CCO)C(=O)c1cc(C)nn1CC. The summed E-state index contributed by atoms with van der Waals surface area (Å²) in [6.45, 7) is 7.55. The largest absolute Gasteiger partial charge is 0.395 e. The Hall–Kier alpha value is -1.36. The van der Waals surface area contributed by atoms with Crippen molar-refractivity contribution in [3.63, 3.8) is 0 Å². The molecule has 0 radical (unpaired) electrons. The van der Waals surface area contributed by atoms with Crippen LogP contribution < -0.4 is 0 Å². The number of aliphatic hydroxyl groups excluding tert-OH is 1. The lowest BCUT2D eigenvalue weighted by atomic mass is 10.3. The summed E-state index contributed by atoms with van der Waals surface area (Å²) in [7, 11) is 0. The van der Waals surface area contributed by atoms with E-state index in [0.29, 0.717) is 25.3 Å². The molecule has 0 aliphatic carbocycles. The van der Waals surface area contributed by atoms with Crippen LogP contribution in [0.1, 0.15) is 36.5 Å². The number of rotatable bonds is 6. The van der Waals surface area contributed by atoms with Crippen LogP contribution in [0, 0.1) is 6.92 Å². The van der Waals surface area contributed by atoms with Gasteiger partial charge in [-0.25, -0.2) is 0 Å². The summed E-state index contributed by atoms with van der Waals surface area (Å²) in [6, 6.07) is 1.80. The Kier molecular flexibility index (Phi) is 5.15. The van der Waals surface area contributed by atoms with Crippen molar-refractivity contribution in [2.45, 2.75) is 33.7 Å². The number of carbonyl (C=O) groups excluding carboxylic acids is 1. The Morgan fingerprint density at radius 3 is 2.71 bits per heavy atom. The van der Waals surface area contributed by atoms with Crippen molar-refractivity contribution in [2.24, 2.45) is 0 Å². The van der Waals surface area contributed by atoms with Crippen molar-refractivity contribution in [1.29, 1.82) is 0 Å². The molecule has 0 saturated carbocycles. The van der Waals surface area contributed by atoms with E-state index in [4.69, 9.17) is 5.11 Å². The number of aromatic nitrogens is 2. The minimum absolute atomic E-state index is 0.00894. The average Bonchev–Trinajstić information content (AvgIpc) is 2.69. The predicted octanol–water partition coefficient (Wildman–Crippen LogP) is 1.06. The zero-order valence-electron chi connectivity index (χ0n) is 10.8. The highest BCUT2D eigenvalue weighted by Crippen LogP contribution is 2.08. The Morgan fingerprint density at radius 1 is 1.47 bits per heavy atom. The molecule has 0 saturated heterocycles. The topological polar surface area (TPSA) is 58.4 Å². The van der Waals surface area contributed by atoms with Crippen LogP contribution >= 0.6 is 0 Å². The number of hydrogen-bond acceptors (Lipinski definition) is 3. The summed E-state index contributed by atoms with van der Waals surface area (Å²) >= 11 is 0. The molecule has 96 valence electrons. The molecule has 1 aromatic rings. The summed E-state index contributed by atoms with van der Waals surface area (Å²) in [6.07, 6.45) is 0.880. The number of nitrogens with zero attached hydrogens (tertiary/aromatic N) is 3. The van der Waals surface area contributed by atoms with Crippen LogP contribution in [0.2, 0.25) is 0 Å². The molecule has 1 aromatic heterocycles. The first kappa shape index (κ1) is 13.7. The highest BCUT2D eigenvalue weighted by molar-refractivity contribution is 5.92. The van der Waals surface area contributed by atoms with Gasteiger partial charge in [-0.15, -0.1) is 0 Å². The first-order chi connectivity index (χ1) is 8.13. The van der Waals surface area contributed by atoms with E-state index in [-0.39, 0.29) is 12.5 Å². The van der Waals surface area contributed by atoms with E-state index in [1.807, 2.05) is 20.8 Å². The Bertz CT molecular complexity index is 368. The molecule has 0 spiro atoms. The summed E-state index contributed by atoms with van der Waals surface area (Å²) in [5.41, 5.74) is 1.45. The molecule has 17 heavy (non-hydrogen) atoms. The van der Waals surface area contributed by atoms with Crippen molar-refractivity contribution < 1.29 is 9.90 Å². The van der Waals surface area contributed by atoms with E-state index in [1.165, 1.54) is 0 Å². The van der Waals surface area contributed by atoms with Crippen LogP contribution in [0.4, 0.5) is 0 Å². The minimum atomic E-state index is -0.0525. The van der Waals surface area contributed by atoms with Crippen molar-refractivity contribution in [3.05, 3.63) is 17.5 Å². The summed E-state index contributed by atoms with van der Waals surface area (Å²) in [5, 5.41) is 13.2. The van der Waals surface area contributed by atoms with Gasteiger partial charge in [0.1, 0.15) is 5.69 Å². The van der Waals surface area contributed by atoms with E-state index >= 15 is 0 Å². The quantitative estimate of drug-likeness (QED) is 0.807. The van der Waals surface area contributed by atoms with Crippen molar-refractivity contribution >= 4 is 5.91 Å². The molecule has 1 heterocycles. The van der Waals surface area contributed by atoms with Gasteiger partial charge in [-0.05, 0) is 26.3 Å². The zero-order valence-corrected chi connectivity index (χ0v) is 10.8. The standard InChI is InChI=1S/C12H21N3O2/c1-4-6-14(7-8-16)12(17)11-9-10(3)13-15(11)5-2/h9,16H,4-8H2,1-3H3. The van der Waals surface area contributed by atoms with E-state index in [0.717, 1.165) is 12.1 Å². The van der Waals surface area contributed by atoms with Crippen LogP contribution in [0.3, 0.4) is 0 Å². The highest BCUT2D eigenvalue weighted by atomic mass is 16.3. The number of aryl methyl sites for hydroxylation is 2. The molecule has 1 rings (SSSR count). The fourth-order valence-corrected chi connectivity index (χ4v) is 1.83. The summed E-state index contributed by atoms with van der Waals surface area (Å²) in [4.78, 5) is 13.9. The van der Waals surface area contributed by atoms with E-state index < -0.39 is 0 Å². The Balaban J connectivity index is 2.91. The lowest BCUT2D eigenvalue weighted by Crippen LogP contribution is -2.35. The minimum Gasteiger partial charge on any atom is -0.395 e. The predicted molar refractivity (Wildman–Crippen MR) is 65.9 cm³/mol. The number of hydrogen-bond donors (Lipinski definition) is 1. The lowest BCUT2D eigenvalue weighted by Gasteiger charge is -2.21. The third kappa shape index (κ3) is 3.30. The maximum Gasteiger partial charge on any atom is 0.272 e. The second-order valence-corrected chi connectivity index (χ2v) is 4.00. The molecule has 0 aromatic carbocycles. The number of carbonyl (C=O) groups is 1. The zero-order chi connectivity index (χ0) is 12.8. The van der Waals surface area contributed by atoms with Gasteiger partial charge in [0.25, 0.3) is 5.91 Å². The van der Waals surface area contributed by atoms with Crippen LogP contribution in [0.15, 0.2) is 6.07 Å². The molecule has 0 aliphatic heterocycles. The maximum atomic E-state index is 12.3. The summed E-state index contributed by atoms with van der Waals surface area (Å²) in [5.74, 6) is -0.0525. The van der Waals surface area contributed by atoms with Crippen LogP contribution in [-0.4, -0.2) is 45.4 Å². The van der Waals surface area contributed by atoms with Crippen molar-refractivity contribution in [3.8, 4) is 0 Å². The molecule has 1 amide bonds. The second kappa shape index (κ2) is 6.39. The van der Waals surface area contributed by atoms with Gasteiger partial charge in [0.2, 0.25) is 0 Å². The van der Waals surface area contributed by atoms with Gasteiger partial charge in [0, 0.05) is 19.6 Å². The van der Waals surface area contributed by atoms with Gasteiger partial charge in [-0.2, -0.15) is 5.10 Å². The highest BCUT2D eigenvalue weighted by Gasteiger charge is 2.19. The molecule has 0 bridgehead atoms. The maximum absolute atomic E-state index is 12.3. The number of amides is 1. The molecular formula is C12H21N3O2. The van der Waals surface area contributed by atoms with E-state index in [1.54, 1.807) is 15.6 Å². The molecule has 0 atom stereocenters. The molecule has 1 N–H and O–H groups in total. The van der Waals surface area contributed by atoms with Crippen molar-refractivity contribution in [1.82, 2.24) is 14.7 Å². The van der Waals surface area contributed by atoms with Gasteiger partial charge in [-0.3, -0.25) is 9.48 Å². The monoisotopic (exact) mass is 239 g/mol. The lowest BCUT2D eigenvalue weighted by molar-refractivity contribution is 0.0709. The smallest absolute Gasteiger partial charge is 0.272 e. The van der Waals surface area contributed by atoms with Gasteiger partial charge >= 0.3 is 0 Å². The van der Waals surface area contributed by atoms with Gasteiger partial charge in [-0.1, -0.05) is 6.92 Å². The molecule has 0 fully saturated rings. The molecule has 5 nitrogen and oxygen atoms in total. The normalized spacial score (nSPS) is 10.6. The fourth-order valence-electron chi connectivity index (χ4n) is 1.83. The Morgan fingerprint density at radius 2 is 2.18 bits per heavy atom. The van der Waals surface area contributed by atoms with Gasteiger partial charge in [0.15, 0.2) is 0 Å². The molecule has 0 unspecified atom stereocenters. The Labute approximate surface area is 102 Å². The van der Waals surface area contributed by atoms with Gasteiger partial charge in [0.05, 0.1) is 12.3 Å². The first-order valence-corrected chi connectivity index (χ1v) is 6.08. The molecular weight excluding hydrogens is 218 g/mol. The fraction of sp³-hybridized carbons (Fsp3) is 0.667. The van der Waals surface area contributed by atoms with Gasteiger partial charge < -0.3 is 10.0 Å². The average molecular weight is 239 g/mol. The van der Waals surface area contributed by atoms with Crippen LogP contribution in [0.5, 0.6) is 0 Å². The van der Waals surface area contributed by atoms with E-state index in [2.05, 4.69) is 5.10 Å². The van der Waals surface area contributed by atoms with Crippen LogP contribution in [-0.2, 0) is 6.54 Å². The third-order valence-corrected chi connectivity index (χ3v) is 2.57. The number of aliphatic hydroxyl groups is 1. The van der Waals surface area contributed by atoms with Crippen molar-refractivity contribution in [2.75, 3.05) is 19.7 Å². The summed E-state index contributed by atoms with van der Waals surface area (Å²) < 4.78 is 1.71. The molecule has 0 aliphatic rings.